The van der Waals surface area contributed by atoms with Gasteiger partial charge in [0.25, 0.3) is 0 Å². The fourth-order valence-corrected chi connectivity index (χ4v) is 2.72. The molecule has 0 N–H and O–H groups in total. The number of fused-ring (bicyclic) bond motifs is 1. The van der Waals surface area contributed by atoms with E-state index >= 15 is 0 Å². The Bertz CT molecular complexity index is 786. The van der Waals surface area contributed by atoms with Crippen molar-refractivity contribution in [3.63, 3.8) is 0 Å². The number of aromatic nitrogens is 3. The van der Waals surface area contributed by atoms with Gasteiger partial charge in [-0.15, -0.1) is 0 Å². The van der Waals surface area contributed by atoms with E-state index in [-0.39, 0.29) is 0 Å². The fraction of sp³-hybridized carbons (Fsp3) is 0.188. The third-order valence-corrected chi connectivity index (χ3v) is 3.89. The Morgan fingerprint density at radius 1 is 1.32 bits per heavy atom. The van der Waals surface area contributed by atoms with Crippen molar-refractivity contribution in [2.75, 3.05) is 12.9 Å². The Kier molecular flexibility index (Phi) is 4.39. The molecule has 0 unspecified atom stereocenters. The minimum absolute atomic E-state index is 0.310. The van der Waals surface area contributed by atoms with Gasteiger partial charge in [0.15, 0.2) is 10.9 Å². The van der Waals surface area contributed by atoms with Crippen molar-refractivity contribution in [2.24, 2.45) is 0 Å². The molecule has 0 radical (unpaired) electrons. The van der Waals surface area contributed by atoms with E-state index in [4.69, 9.17) is 4.74 Å². The molecule has 0 aliphatic carbocycles. The fourth-order valence-electron chi connectivity index (χ4n) is 2.18. The zero-order valence-electron chi connectivity index (χ0n) is 12.1. The van der Waals surface area contributed by atoms with Gasteiger partial charge in [-0.05, 0) is 30.0 Å². The summed E-state index contributed by atoms with van der Waals surface area (Å²) < 4.78 is 7.24. The maximum atomic E-state index is 12.3. The topological polar surface area (TPSA) is 56.5 Å². The van der Waals surface area contributed by atoms with Gasteiger partial charge in [0, 0.05) is 25.0 Å². The van der Waals surface area contributed by atoms with Gasteiger partial charge >= 0.3 is 5.97 Å². The van der Waals surface area contributed by atoms with E-state index in [1.165, 1.54) is 11.8 Å². The summed E-state index contributed by atoms with van der Waals surface area (Å²) in [4.78, 5) is 20.7. The number of imidazole rings is 1. The van der Waals surface area contributed by atoms with Crippen molar-refractivity contribution in [3.05, 3.63) is 60.2 Å². The van der Waals surface area contributed by atoms with Gasteiger partial charge < -0.3 is 4.74 Å². The predicted molar refractivity (Wildman–Crippen MR) is 85.2 cm³/mol. The Balaban J connectivity index is 1.72. The molecular weight excluding hydrogens is 298 g/mol. The number of hydrogen-bond acceptors (Lipinski definition) is 5. The number of carbonyl (C=O) groups is 1. The van der Waals surface area contributed by atoms with Crippen molar-refractivity contribution in [1.82, 2.24) is 14.4 Å². The van der Waals surface area contributed by atoms with Crippen LogP contribution in [0.5, 0.6) is 0 Å². The molecule has 0 saturated carbocycles. The third kappa shape index (κ3) is 2.96. The predicted octanol–water partition coefficient (Wildman–Crippen LogP) is 2.85. The van der Waals surface area contributed by atoms with Crippen LogP contribution in [0, 0.1) is 0 Å². The molecule has 0 aliphatic rings. The second kappa shape index (κ2) is 6.62. The molecule has 3 heterocycles. The minimum Gasteiger partial charge on any atom is -0.461 e. The Morgan fingerprint density at radius 2 is 2.23 bits per heavy atom. The summed E-state index contributed by atoms with van der Waals surface area (Å²) in [5.74, 6) is -0.395. The molecule has 6 heteroatoms. The van der Waals surface area contributed by atoms with Crippen LogP contribution >= 0.6 is 11.8 Å². The normalized spacial score (nSPS) is 10.8. The first-order valence-electron chi connectivity index (χ1n) is 6.86. The Labute approximate surface area is 132 Å². The molecule has 112 valence electrons. The van der Waals surface area contributed by atoms with Crippen molar-refractivity contribution in [3.8, 4) is 0 Å². The van der Waals surface area contributed by atoms with Crippen molar-refractivity contribution < 1.29 is 9.53 Å². The van der Waals surface area contributed by atoms with Gasteiger partial charge in [0.1, 0.15) is 0 Å². The summed E-state index contributed by atoms with van der Waals surface area (Å²) in [5, 5.41) is 0.773. The van der Waals surface area contributed by atoms with Crippen LogP contribution in [0.15, 0.2) is 54.1 Å². The van der Waals surface area contributed by atoms with E-state index in [9.17, 15) is 4.79 Å². The first-order chi connectivity index (χ1) is 10.8. The molecule has 0 aromatic carbocycles. The molecule has 3 rings (SSSR count). The maximum absolute atomic E-state index is 12.3. The van der Waals surface area contributed by atoms with Gasteiger partial charge in [-0.1, -0.05) is 23.9 Å². The Morgan fingerprint density at radius 3 is 3.00 bits per heavy atom. The quantitative estimate of drug-likeness (QED) is 0.535. The van der Waals surface area contributed by atoms with Crippen LogP contribution < -0.4 is 0 Å². The van der Waals surface area contributed by atoms with Crippen LogP contribution in [-0.4, -0.2) is 33.2 Å². The highest BCUT2D eigenvalue weighted by Gasteiger charge is 2.18. The lowest BCUT2D eigenvalue weighted by atomic mass is 10.2. The number of rotatable bonds is 5. The Hall–Kier alpha value is -2.34. The van der Waals surface area contributed by atoms with E-state index in [0.29, 0.717) is 18.7 Å². The summed E-state index contributed by atoms with van der Waals surface area (Å²) in [5.41, 5.74) is 2.16. The second-order valence-corrected chi connectivity index (χ2v) is 5.42. The van der Waals surface area contributed by atoms with Crippen LogP contribution in [0.3, 0.4) is 0 Å². The van der Waals surface area contributed by atoms with Crippen LogP contribution in [0.1, 0.15) is 16.1 Å². The summed E-state index contributed by atoms with van der Waals surface area (Å²) >= 11 is 1.49. The highest BCUT2D eigenvalue weighted by atomic mass is 32.2. The maximum Gasteiger partial charge on any atom is 0.359 e. The zero-order valence-corrected chi connectivity index (χ0v) is 12.9. The van der Waals surface area contributed by atoms with E-state index in [1.807, 2.05) is 47.2 Å². The zero-order chi connectivity index (χ0) is 15.4. The summed E-state index contributed by atoms with van der Waals surface area (Å²) in [7, 11) is 0. The van der Waals surface area contributed by atoms with E-state index < -0.39 is 5.97 Å². The van der Waals surface area contributed by atoms with Crippen LogP contribution in [0.4, 0.5) is 0 Å². The summed E-state index contributed by atoms with van der Waals surface area (Å²) in [6.45, 7) is 0.310. The van der Waals surface area contributed by atoms with Crippen LogP contribution in [0.2, 0.25) is 0 Å². The number of ether oxygens (including phenoxy) is 1. The second-order valence-electron chi connectivity index (χ2n) is 4.65. The third-order valence-electron chi connectivity index (χ3n) is 3.24. The number of pyridine rings is 2. The van der Waals surface area contributed by atoms with E-state index in [2.05, 4.69) is 9.97 Å². The SMILES string of the molecule is CSc1nc(C(=O)OCCc2cccnc2)c2ccccn12. The molecule has 0 amide bonds. The average molecular weight is 313 g/mol. The van der Waals surface area contributed by atoms with E-state index in [0.717, 1.165) is 16.2 Å². The molecule has 3 aromatic heterocycles. The minimum atomic E-state index is -0.395. The van der Waals surface area contributed by atoms with Gasteiger partial charge in [-0.25, -0.2) is 9.78 Å². The highest BCUT2D eigenvalue weighted by molar-refractivity contribution is 7.98. The summed E-state index contributed by atoms with van der Waals surface area (Å²) in [6, 6.07) is 9.48. The van der Waals surface area contributed by atoms with Crippen molar-refractivity contribution in [2.45, 2.75) is 11.6 Å². The van der Waals surface area contributed by atoms with Crippen molar-refractivity contribution in [1.29, 1.82) is 0 Å². The monoisotopic (exact) mass is 313 g/mol. The van der Waals surface area contributed by atoms with Gasteiger partial charge in [-0.2, -0.15) is 0 Å². The standard InChI is InChI=1S/C16H15N3O2S/c1-22-16-18-14(13-6-2-3-9-19(13)16)15(20)21-10-7-12-5-4-8-17-11-12/h2-6,8-9,11H,7,10H2,1H3. The van der Waals surface area contributed by atoms with Gasteiger partial charge in [0.05, 0.1) is 12.1 Å². The molecule has 0 saturated heterocycles. The highest BCUT2D eigenvalue weighted by Crippen LogP contribution is 2.20. The smallest absolute Gasteiger partial charge is 0.359 e. The lowest BCUT2D eigenvalue weighted by molar-refractivity contribution is 0.0505. The first kappa shape index (κ1) is 14.6. The number of thioether (sulfide) groups is 1. The molecule has 0 spiro atoms. The number of hydrogen-bond donors (Lipinski definition) is 0. The average Bonchev–Trinajstić information content (AvgIpc) is 2.95. The van der Waals surface area contributed by atoms with Crippen molar-refractivity contribution >= 4 is 23.2 Å². The molecule has 5 nitrogen and oxygen atoms in total. The number of carbonyl (C=O) groups excluding carboxylic acids is 1. The van der Waals surface area contributed by atoms with Gasteiger partial charge in [-0.3, -0.25) is 9.38 Å². The van der Waals surface area contributed by atoms with E-state index in [1.54, 1.807) is 12.4 Å². The molecule has 0 aliphatic heterocycles. The molecule has 0 atom stereocenters. The molecule has 0 bridgehead atoms. The molecular formula is C16H15N3O2S. The lowest BCUT2D eigenvalue weighted by Gasteiger charge is -2.03. The van der Waals surface area contributed by atoms with Gasteiger partial charge in [0.2, 0.25) is 0 Å². The van der Waals surface area contributed by atoms with Crippen LogP contribution in [0.25, 0.3) is 5.52 Å². The van der Waals surface area contributed by atoms with Crippen LogP contribution in [-0.2, 0) is 11.2 Å². The first-order valence-corrected chi connectivity index (χ1v) is 8.09. The molecule has 3 aromatic rings. The summed E-state index contributed by atoms with van der Waals surface area (Å²) in [6.07, 6.45) is 7.95. The number of nitrogens with zero attached hydrogens (tertiary/aromatic N) is 3. The molecule has 0 fully saturated rings. The largest absolute Gasteiger partial charge is 0.461 e. The lowest BCUT2D eigenvalue weighted by Crippen LogP contribution is -2.09. The molecule has 22 heavy (non-hydrogen) atoms. The number of esters is 1.